The summed E-state index contributed by atoms with van der Waals surface area (Å²) in [6, 6.07) is 4.29. The molecule has 1 heterocycles. The first kappa shape index (κ1) is 12.0. The van der Waals surface area contributed by atoms with Crippen molar-refractivity contribution in [1.82, 2.24) is 4.98 Å². The predicted octanol–water partition coefficient (Wildman–Crippen LogP) is 4.18. The molecular formula is C14H21N. The lowest BCUT2D eigenvalue weighted by Gasteiger charge is -2.13. The molecule has 0 unspecified atom stereocenters. The van der Waals surface area contributed by atoms with E-state index in [1.807, 2.05) is 6.92 Å². The van der Waals surface area contributed by atoms with E-state index in [-0.39, 0.29) is 0 Å². The molecule has 0 fully saturated rings. The summed E-state index contributed by atoms with van der Waals surface area (Å²) in [7, 11) is 0. The first-order chi connectivity index (χ1) is 6.91. The largest absolute Gasteiger partial charge is 0.258 e. The lowest BCUT2D eigenvalue weighted by molar-refractivity contribution is 0.809. The van der Waals surface area contributed by atoms with Gasteiger partial charge in [0.05, 0.1) is 0 Å². The van der Waals surface area contributed by atoms with Crippen LogP contribution in [0.1, 0.15) is 50.6 Å². The van der Waals surface area contributed by atoms with Crippen LogP contribution in [0.2, 0.25) is 0 Å². The molecule has 1 aromatic heterocycles. The van der Waals surface area contributed by atoms with Gasteiger partial charge >= 0.3 is 0 Å². The van der Waals surface area contributed by atoms with Crippen LogP contribution in [0.4, 0.5) is 0 Å². The van der Waals surface area contributed by atoms with E-state index >= 15 is 0 Å². The lowest BCUT2D eigenvalue weighted by Crippen LogP contribution is -1.99. The molecule has 15 heavy (non-hydrogen) atoms. The molecule has 0 saturated heterocycles. The van der Waals surface area contributed by atoms with E-state index in [9.17, 15) is 0 Å². The van der Waals surface area contributed by atoms with Crippen LogP contribution in [-0.2, 0) is 0 Å². The van der Waals surface area contributed by atoms with Gasteiger partial charge < -0.3 is 0 Å². The van der Waals surface area contributed by atoms with Crippen molar-refractivity contribution in [3.8, 4) is 0 Å². The third-order valence-corrected chi connectivity index (χ3v) is 2.63. The molecule has 82 valence electrons. The van der Waals surface area contributed by atoms with Crippen LogP contribution in [-0.4, -0.2) is 4.98 Å². The summed E-state index contributed by atoms with van der Waals surface area (Å²) >= 11 is 0. The Labute approximate surface area is 93.2 Å². The highest BCUT2D eigenvalue weighted by Gasteiger charge is 2.08. The maximum atomic E-state index is 4.53. The number of nitrogens with zero attached hydrogens (tertiary/aromatic N) is 1. The second-order valence-corrected chi connectivity index (χ2v) is 4.76. The van der Waals surface area contributed by atoms with Gasteiger partial charge in [-0.05, 0) is 42.0 Å². The Morgan fingerprint density at radius 1 is 1.20 bits per heavy atom. The zero-order valence-electron chi connectivity index (χ0n) is 10.5. The molecule has 0 bridgehead atoms. The van der Waals surface area contributed by atoms with Crippen LogP contribution < -0.4 is 0 Å². The monoisotopic (exact) mass is 203 g/mol. The molecule has 1 nitrogen and oxygen atoms in total. The first-order valence-corrected chi connectivity index (χ1v) is 5.59. The van der Waals surface area contributed by atoms with Crippen LogP contribution in [0.25, 0.3) is 5.57 Å². The summed E-state index contributed by atoms with van der Waals surface area (Å²) in [5.74, 6) is 0.968. The Bertz CT molecular complexity index is 362. The van der Waals surface area contributed by atoms with Crippen LogP contribution in [0.15, 0.2) is 18.7 Å². The van der Waals surface area contributed by atoms with Gasteiger partial charge in [0.15, 0.2) is 0 Å². The van der Waals surface area contributed by atoms with E-state index in [1.165, 1.54) is 11.1 Å². The maximum absolute atomic E-state index is 4.53. The summed E-state index contributed by atoms with van der Waals surface area (Å²) < 4.78 is 0. The fourth-order valence-corrected chi connectivity index (χ4v) is 1.51. The van der Waals surface area contributed by atoms with E-state index in [0.717, 1.165) is 11.4 Å². The molecule has 0 atom stereocenters. The van der Waals surface area contributed by atoms with Crippen molar-refractivity contribution in [2.45, 2.75) is 40.5 Å². The highest BCUT2D eigenvalue weighted by molar-refractivity contribution is 5.65. The van der Waals surface area contributed by atoms with Crippen LogP contribution >= 0.6 is 0 Å². The molecule has 0 aromatic carbocycles. The Balaban J connectivity index is 3.14. The summed E-state index contributed by atoms with van der Waals surface area (Å²) in [4.78, 5) is 4.53. The molecule has 0 radical (unpaired) electrons. The summed E-state index contributed by atoms with van der Waals surface area (Å²) in [5, 5.41) is 0. The second-order valence-electron chi connectivity index (χ2n) is 4.76. The van der Waals surface area contributed by atoms with Crippen molar-refractivity contribution in [1.29, 1.82) is 0 Å². The van der Waals surface area contributed by atoms with E-state index in [4.69, 9.17) is 0 Å². The highest BCUT2D eigenvalue weighted by Crippen LogP contribution is 2.24. The summed E-state index contributed by atoms with van der Waals surface area (Å²) in [6.45, 7) is 14.9. The molecule has 0 amide bonds. The van der Waals surface area contributed by atoms with E-state index in [1.54, 1.807) is 0 Å². The fourth-order valence-electron chi connectivity index (χ4n) is 1.51. The van der Waals surface area contributed by atoms with Crippen molar-refractivity contribution in [3.63, 3.8) is 0 Å². The smallest absolute Gasteiger partial charge is 0.0438 e. The zero-order chi connectivity index (χ0) is 11.6. The van der Waals surface area contributed by atoms with Crippen molar-refractivity contribution >= 4 is 5.57 Å². The van der Waals surface area contributed by atoms with E-state index in [2.05, 4.69) is 51.4 Å². The number of hydrogen-bond acceptors (Lipinski definition) is 1. The van der Waals surface area contributed by atoms with Crippen molar-refractivity contribution < 1.29 is 0 Å². The van der Waals surface area contributed by atoms with Crippen LogP contribution in [0.5, 0.6) is 0 Å². The summed E-state index contributed by atoms with van der Waals surface area (Å²) in [5.41, 5.74) is 4.67. The molecule has 0 aliphatic rings. The molecule has 0 spiro atoms. The highest BCUT2D eigenvalue weighted by atomic mass is 14.7. The molecular weight excluding hydrogens is 182 g/mol. The van der Waals surface area contributed by atoms with Crippen molar-refractivity contribution in [2.24, 2.45) is 5.92 Å². The first-order valence-electron chi connectivity index (χ1n) is 5.59. The minimum atomic E-state index is 0.476. The molecule has 0 aliphatic heterocycles. The normalized spacial score (nSPS) is 11.1. The van der Waals surface area contributed by atoms with Crippen LogP contribution in [0.3, 0.4) is 0 Å². The van der Waals surface area contributed by atoms with Gasteiger partial charge in [0.25, 0.3) is 0 Å². The molecule has 1 rings (SSSR count). The number of aryl methyl sites for hydroxylation is 1. The van der Waals surface area contributed by atoms with Crippen LogP contribution in [0, 0.1) is 12.8 Å². The fraction of sp³-hybridized carbons (Fsp3) is 0.500. The maximum Gasteiger partial charge on any atom is 0.0438 e. The topological polar surface area (TPSA) is 12.9 Å². The van der Waals surface area contributed by atoms with Gasteiger partial charge in [0.1, 0.15) is 0 Å². The molecule has 1 aromatic rings. The Hall–Kier alpha value is -1.11. The van der Waals surface area contributed by atoms with E-state index in [0.29, 0.717) is 11.8 Å². The van der Waals surface area contributed by atoms with Gasteiger partial charge in [0.2, 0.25) is 0 Å². The van der Waals surface area contributed by atoms with Gasteiger partial charge in [-0.15, -0.1) is 0 Å². The average Bonchev–Trinajstić information content (AvgIpc) is 2.15. The Morgan fingerprint density at radius 3 is 2.27 bits per heavy atom. The van der Waals surface area contributed by atoms with Gasteiger partial charge in [-0.2, -0.15) is 0 Å². The predicted molar refractivity (Wildman–Crippen MR) is 66.9 cm³/mol. The zero-order valence-corrected chi connectivity index (χ0v) is 10.5. The minimum Gasteiger partial charge on any atom is -0.258 e. The van der Waals surface area contributed by atoms with Crippen molar-refractivity contribution in [2.75, 3.05) is 0 Å². The summed E-state index contributed by atoms with van der Waals surface area (Å²) in [6.07, 6.45) is 0. The van der Waals surface area contributed by atoms with Gasteiger partial charge in [-0.1, -0.05) is 34.3 Å². The number of allylic oxidation sites excluding steroid dienone is 1. The lowest BCUT2D eigenvalue weighted by atomic mass is 9.95. The van der Waals surface area contributed by atoms with E-state index < -0.39 is 0 Å². The molecule has 1 heteroatoms. The minimum absolute atomic E-state index is 0.476. The molecule has 0 N–H and O–H groups in total. The van der Waals surface area contributed by atoms with Gasteiger partial charge in [0, 0.05) is 11.4 Å². The number of rotatable bonds is 3. The second kappa shape index (κ2) is 4.61. The number of hydrogen-bond donors (Lipinski definition) is 0. The van der Waals surface area contributed by atoms with Crippen molar-refractivity contribution in [3.05, 3.63) is 35.7 Å². The average molecular weight is 203 g/mol. The third-order valence-electron chi connectivity index (χ3n) is 2.63. The Morgan fingerprint density at radius 2 is 1.80 bits per heavy atom. The van der Waals surface area contributed by atoms with Gasteiger partial charge in [-0.25, -0.2) is 0 Å². The standard InChI is InChI=1S/C14H21N/c1-9(2)12(6)13-7-11(5)15-14(8-13)10(3)4/h7-10H,6H2,1-5H3. The Kier molecular flexibility index (Phi) is 3.67. The SMILES string of the molecule is C=C(c1cc(C)nc(C(C)C)c1)C(C)C. The van der Waals surface area contributed by atoms with Gasteiger partial charge in [-0.3, -0.25) is 4.98 Å². The number of aromatic nitrogens is 1. The number of pyridine rings is 1. The quantitative estimate of drug-likeness (QED) is 0.718. The molecule has 0 aliphatic carbocycles. The third kappa shape index (κ3) is 2.92. The molecule has 0 saturated carbocycles.